The van der Waals surface area contributed by atoms with E-state index < -0.39 is 5.82 Å². The van der Waals surface area contributed by atoms with Crippen molar-refractivity contribution >= 4 is 29.5 Å². The molecule has 6 heteroatoms. The van der Waals surface area contributed by atoms with Gasteiger partial charge in [0.1, 0.15) is 0 Å². The monoisotopic (exact) mass is 488 g/mol. The van der Waals surface area contributed by atoms with Crippen molar-refractivity contribution in [2.45, 2.75) is 0 Å². The number of hydrogen-bond acceptors (Lipinski definition) is 1. The molecule has 0 saturated heterocycles. The first-order valence-corrected chi connectivity index (χ1v) is 18.1. The third-order valence-corrected chi connectivity index (χ3v) is 2.12. The zero-order valence-electron chi connectivity index (χ0n) is 18.8. The number of benzene rings is 2. The van der Waals surface area contributed by atoms with E-state index in [4.69, 9.17) is 5.41 Å². The largest absolute Gasteiger partial charge is 0.348 e. The van der Waals surface area contributed by atoms with Gasteiger partial charge in [0, 0.05) is 82.6 Å². The Morgan fingerprint density at radius 2 is 1.14 bits per heavy atom. The van der Waals surface area contributed by atoms with E-state index in [1.807, 2.05) is 18.2 Å². The number of rotatable bonds is 2. The van der Waals surface area contributed by atoms with Crippen molar-refractivity contribution in [3.63, 3.8) is 0 Å². The Hall–Kier alpha value is -0.164. The summed E-state index contributed by atoms with van der Waals surface area (Å²) in [6.45, 7) is 20.4. The molecule has 1 radical (unpaired) electrons. The van der Waals surface area contributed by atoms with Gasteiger partial charge in [0.15, 0.2) is 0 Å². The van der Waals surface area contributed by atoms with Gasteiger partial charge in [-0.05, 0) is 35.0 Å². The van der Waals surface area contributed by atoms with Crippen LogP contribution in [0.15, 0.2) is 48.5 Å². The van der Waals surface area contributed by atoms with Gasteiger partial charge in [-0.1, -0.05) is 35.9 Å². The van der Waals surface area contributed by atoms with Crippen molar-refractivity contribution in [3.05, 3.63) is 71.5 Å². The molecule has 0 aliphatic carbocycles. The number of hydrogen-bond donors (Lipinski definition) is 1. The number of halogens is 1. The van der Waals surface area contributed by atoms with Crippen LogP contribution in [0.25, 0.3) is 0 Å². The summed E-state index contributed by atoms with van der Waals surface area (Å²) in [4.78, 5) is 0. The van der Waals surface area contributed by atoms with Crippen molar-refractivity contribution in [1.29, 1.82) is 5.41 Å². The van der Waals surface area contributed by atoms with Crippen LogP contribution >= 0.6 is 23.8 Å². The van der Waals surface area contributed by atoms with E-state index in [2.05, 4.69) is 66.0 Å². The Bertz CT molecular complexity index is 598. The maximum Gasteiger partial charge on any atom is 0.0461 e. The van der Waals surface area contributed by atoms with Crippen LogP contribution in [0.4, 0.5) is 4.39 Å². The smallest absolute Gasteiger partial charge is 0.0461 e. The number of nitrogens with one attached hydrogen (secondary N) is 1. The topological polar surface area (TPSA) is 23.9 Å². The van der Waals surface area contributed by atoms with Gasteiger partial charge in [0.05, 0.1) is 0 Å². The summed E-state index contributed by atoms with van der Waals surface area (Å²) in [5, 5.41) is 7.84. The van der Waals surface area contributed by atoms with Crippen LogP contribution < -0.4 is 0 Å². The molecule has 0 atom stereocenters. The molecule has 0 fully saturated rings. The Balaban J connectivity index is -0.000000401. The van der Waals surface area contributed by atoms with Crippen LogP contribution in [-0.4, -0.2) is 65.7 Å². The minimum Gasteiger partial charge on any atom is -0.348 e. The molecule has 0 unspecified atom stereocenters. The minimum atomic E-state index is -0.411. The van der Waals surface area contributed by atoms with Gasteiger partial charge in [-0.3, -0.25) is 4.39 Å². The molecule has 0 aromatic heterocycles. The van der Waals surface area contributed by atoms with Crippen molar-refractivity contribution in [1.82, 2.24) is 0 Å². The second kappa shape index (κ2) is 20.1. The Labute approximate surface area is 187 Å². The molecule has 2 aromatic rings. The predicted octanol–water partition coefficient (Wildman–Crippen LogP) is 6.31. The van der Waals surface area contributed by atoms with E-state index in [1.165, 1.54) is 6.07 Å². The van der Waals surface area contributed by atoms with Crippen molar-refractivity contribution in [3.8, 4) is 0 Å². The van der Waals surface area contributed by atoms with Crippen LogP contribution in [0.1, 0.15) is 11.1 Å². The fourth-order valence-corrected chi connectivity index (χ4v) is 1.36. The predicted molar refractivity (Wildman–Crippen MR) is 136 cm³/mol. The first-order chi connectivity index (χ1) is 12.5. The van der Waals surface area contributed by atoms with Crippen LogP contribution in [-0.2, 0) is 16.8 Å². The standard InChI is InChI=1S/C13H9FN.3C3H9P.Co/c14-12-9-5-4-8-11(12)13(15)10-6-2-1-3-7-10;3*1-4(2)3;/h1-7,9,15H;3*1-3H3;/q-1;;;;/p+3. The zero-order valence-corrected chi connectivity index (χ0v) is 22.9. The Morgan fingerprint density at radius 1 is 0.750 bits per heavy atom. The summed E-state index contributed by atoms with van der Waals surface area (Å²) >= 11 is 0. The fourth-order valence-electron chi connectivity index (χ4n) is 1.36. The van der Waals surface area contributed by atoms with Gasteiger partial charge in [-0.25, -0.2) is 0 Å². The molecule has 0 amide bonds. The average molecular weight is 488 g/mol. The van der Waals surface area contributed by atoms with E-state index in [1.54, 1.807) is 24.3 Å². The molecular weight excluding hydrogens is 449 g/mol. The molecule has 1 nitrogen and oxygen atoms in total. The molecule has 161 valence electrons. The summed E-state index contributed by atoms with van der Waals surface area (Å²) in [6, 6.07) is 16.3. The maximum absolute atomic E-state index is 13.4. The molecule has 2 rings (SSSR count). The Morgan fingerprint density at radius 3 is 1.50 bits per heavy atom. The molecule has 28 heavy (non-hydrogen) atoms. The third-order valence-electron chi connectivity index (χ3n) is 2.12. The van der Waals surface area contributed by atoms with E-state index in [0.29, 0.717) is 5.56 Å². The van der Waals surface area contributed by atoms with Gasteiger partial charge < -0.3 is 5.41 Å². The normalized spacial score (nSPS) is 9.18. The third kappa shape index (κ3) is 22.1. The molecule has 0 heterocycles. The van der Waals surface area contributed by atoms with Gasteiger partial charge in [-0.2, -0.15) is 0 Å². The van der Waals surface area contributed by atoms with E-state index in [-0.39, 0.29) is 51.8 Å². The van der Waals surface area contributed by atoms with Crippen LogP contribution in [0.3, 0.4) is 0 Å². The second-order valence-electron chi connectivity index (χ2n) is 7.63. The van der Waals surface area contributed by atoms with Gasteiger partial charge in [-0.15, -0.1) is 24.3 Å². The van der Waals surface area contributed by atoms with E-state index in [9.17, 15) is 4.39 Å². The average Bonchev–Trinajstić information content (AvgIpc) is 2.54. The Kier molecular flexibility index (Phi) is 23.4. The molecule has 0 spiro atoms. The van der Waals surface area contributed by atoms with Gasteiger partial charge in [0.25, 0.3) is 0 Å². The molecule has 2 aromatic carbocycles. The van der Waals surface area contributed by atoms with Crippen LogP contribution in [0.2, 0.25) is 0 Å². The minimum absolute atomic E-state index is 0. The van der Waals surface area contributed by atoms with Crippen molar-refractivity contribution < 1.29 is 21.2 Å². The summed E-state index contributed by atoms with van der Waals surface area (Å²) in [6.07, 6.45) is 0. The molecule has 1 N–H and O–H groups in total. The first-order valence-electron chi connectivity index (χ1n) is 9.09. The SMILES string of the molecule is C[PH+](C)C.C[PH+](C)C.C[PH+](C)C.N=C(c1ccccc1)c1[c-]cccc1F.[Co]. The van der Waals surface area contributed by atoms with Crippen molar-refractivity contribution in [2.24, 2.45) is 0 Å². The molecule has 0 aliphatic heterocycles. The van der Waals surface area contributed by atoms with Crippen LogP contribution in [0.5, 0.6) is 0 Å². The summed E-state index contributed by atoms with van der Waals surface area (Å²) in [5.74, 6) is -0.411. The van der Waals surface area contributed by atoms with Gasteiger partial charge >= 0.3 is 0 Å². The van der Waals surface area contributed by atoms with E-state index in [0.717, 1.165) is 0 Å². The second-order valence-corrected chi connectivity index (χ2v) is 16.6. The molecule has 0 aliphatic rings. The van der Waals surface area contributed by atoms with Crippen LogP contribution in [0, 0.1) is 17.3 Å². The summed E-state index contributed by atoms with van der Waals surface area (Å²) in [5.41, 5.74) is 1.07. The fraction of sp³-hybridized carbons (Fsp3) is 0.409. The van der Waals surface area contributed by atoms with E-state index >= 15 is 0 Å². The maximum atomic E-state index is 13.4. The zero-order chi connectivity index (χ0) is 21.4. The molecule has 0 bridgehead atoms. The van der Waals surface area contributed by atoms with Crippen molar-refractivity contribution in [2.75, 3.05) is 60.0 Å². The first kappa shape index (κ1) is 32.5. The van der Waals surface area contributed by atoms with Gasteiger partial charge in [0.2, 0.25) is 0 Å². The summed E-state index contributed by atoms with van der Waals surface area (Å²) in [7, 11) is 0.361. The molecular formula is C22H39CoFNP3+2. The summed E-state index contributed by atoms with van der Waals surface area (Å²) < 4.78 is 13.4. The molecule has 0 saturated carbocycles. The quantitative estimate of drug-likeness (QED) is 0.291.